The Hall–Kier alpha value is -2.09. The van der Waals surface area contributed by atoms with Gasteiger partial charge in [0, 0.05) is 18.9 Å². The number of nitrogens with one attached hydrogen (secondary N) is 1. The molecule has 1 atom stereocenters. The normalized spacial score (nSPS) is 12.3. The van der Waals surface area contributed by atoms with Gasteiger partial charge in [-0.3, -0.25) is 9.55 Å². The molecule has 3 aromatic rings. The minimum atomic E-state index is -1.70. The Morgan fingerprint density at radius 1 is 1.29 bits per heavy atom. The number of pyridine rings is 1. The highest BCUT2D eigenvalue weighted by molar-refractivity contribution is 7.85. The lowest BCUT2D eigenvalue weighted by Crippen LogP contribution is -2.08. The Bertz CT molecular complexity index is 885. The van der Waals surface area contributed by atoms with E-state index in [1.165, 1.54) is 10.8 Å². The van der Waals surface area contributed by atoms with Crippen molar-refractivity contribution in [2.75, 3.05) is 7.05 Å². The van der Waals surface area contributed by atoms with E-state index in [0.29, 0.717) is 15.6 Å². The first-order valence-electron chi connectivity index (χ1n) is 7.12. The smallest absolute Gasteiger partial charge is 0.223 e. The predicted molar refractivity (Wildman–Crippen MR) is 90.2 cm³/mol. The Kier molecular flexibility index (Phi) is 5.03. The predicted octanol–water partition coefficient (Wildman–Crippen LogP) is 2.95. The van der Waals surface area contributed by atoms with Crippen molar-refractivity contribution in [3.8, 4) is 5.69 Å². The minimum Gasteiger partial charge on any atom is -0.314 e. The maximum absolute atomic E-state index is 14.9. The first-order valence-corrected chi connectivity index (χ1v) is 8.64. The molecule has 0 saturated heterocycles. The molecule has 0 spiro atoms. The van der Waals surface area contributed by atoms with Gasteiger partial charge in [-0.25, -0.2) is 9.19 Å². The van der Waals surface area contributed by atoms with E-state index in [1.54, 1.807) is 49.6 Å². The summed E-state index contributed by atoms with van der Waals surface area (Å²) in [5.74, 6) is -0.593. The van der Waals surface area contributed by atoms with Crippen LogP contribution in [0.2, 0.25) is 5.02 Å². The van der Waals surface area contributed by atoms with Crippen molar-refractivity contribution in [3.05, 3.63) is 65.5 Å². The van der Waals surface area contributed by atoms with Crippen molar-refractivity contribution >= 4 is 22.4 Å². The molecule has 1 N–H and O–H groups in total. The first kappa shape index (κ1) is 16.8. The SMILES string of the molecule is CNCc1nc(S(=O)c2cccnc2)n(-c2ccccc2Cl)c1F. The topological polar surface area (TPSA) is 59.8 Å². The molecule has 0 aliphatic carbocycles. The Morgan fingerprint density at radius 3 is 2.75 bits per heavy atom. The zero-order valence-electron chi connectivity index (χ0n) is 12.7. The highest BCUT2D eigenvalue weighted by Crippen LogP contribution is 2.27. The van der Waals surface area contributed by atoms with Gasteiger partial charge in [-0.2, -0.15) is 4.39 Å². The van der Waals surface area contributed by atoms with Gasteiger partial charge in [0.25, 0.3) is 0 Å². The second-order valence-electron chi connectivity index (χ2n) is 4.91. The van der Waals surface area contributed by atoms with Crippen LogP contribution < -0.4 is 5.32 Å². The second kappa shape index (κ2) is 7.21. The third-order valence-corrected chi connectivity index (χ3v) is 4.90. The quantitative estimate of drug-likeness (QED) is 0.756. The van der Waals surface area contributed by atoms with Gasteiger partial charge < -0.3 is 5.32 Å². The molecule has 0 fully saturated rings. The molecule has 0 aliphatic rings. The van der Waals surface area contributed by atoms with Gasteiger partial charge in [-0.15, -0.1) is 0 Å². The molecule has 1 unspecified atom stereocenters. The summed E-state index contributed by atoms with van der Waals surface area (Å²) >= 11 is 6.20. The molecule has 0 bridgehead atoms. The number of halogens is 2. The summed E-state index contributed by atoms with van der Waals surface area (Å²) < 4.78 is 28.9. The molecule has 3 rings (SSSR count). The van der Waals surface area contributed by atoms with Crippen LogP contribution in [0.25, 0.3) is 5.69 Å². The van der Waals surface area contributed by atoms with E-state index in [4.69, 9.17) is 11.6 Å². The zero-order valence-corrected chi connectivity index (χ0v) is 14.3. The summed E-state index contributed by atoms with van der Waals surface area (Å²) in [6.45, 7) is 0.209. The van der Waals surface area contributed by atoms with Gasteiger partial charge in [0.1, 0.15) is 16.5 Å². The fraction of sp³-hybridized carbons (Fsp3) is 0.125. The van der Waals surface area contributed by atoms with Gasteiger partial charge >= 0.3 is 0 Å². The average molecular weight is 365 g/mol. The van der Waals surface area contributed by atoms with Crippen molar-refractivity contribution in [3.63, 3.8) is 0 Å². The number of hydrogen-bond donors (Lipinski definition) is 1. The first-order chi connectivity index (χ1) is 11.6. The van der Waals surface area contributed by atoms with E-state index < -0.39 is 16.7 Å². The third kappa shape index (κ3) is 3.10. The Labute approximate surface area is 146 Å². The number of aromatic nitrogens is 3. The van der Waals surface area contributed by atoms with Gasteiger partial charge in [-0.05, 0) is 31.3 Å². The Balaban J connectivity index is 2.20. The summed E-state index contributed by atoms with van der Waals surface area (Å²) in [6, 6.07) is 10.1. The van der Waals surface area contributed by atoms with Crippen LogP contribution >= 0.6 is 11.6 Å². The average Bonchev–Trinajstić information content (AvgIpc) is 2.92. The lowest BCUT2D eigenvalue weighted by molar-refractivity contribution is 0.529. The Morgan fingerprint density at radius 2 is 2.08 bits per heavy atom. The molecular weight excluding hydrogens is 351 g/mol. The number of imidazole rings is 1. The van der Waals surface area contributed by atoms with Crippen LogP contribution in [0.1, 0.15) is 5.69 Å². The number of para-hydroxylation sites is 1. The van der Waals surface area contributed by atoms with Crippen LogP contribution in [-0.2, 0) is 17.3 Å². The van der Waals surface area contributed by atoms with Gasteiger partial charge in [0.15, 0.2) is 0 Å². The highest BCUT2D eigenvalue weighted by atomic mass is 35.5. The van der Waals surface area contributed by atoms with E-state index in [2.05, 4.69) is 15.3 Å². The summed E-state index contributed by atoms with van der Waals surface area (Å²) in [5.41, 5.74) is 0.559. The second-order valence-corrected chi connectivity index (χ2v) is 6.69. The molecule has 24 heavy (non-hydrogen) atoms. The van der Waals surface area contributed by atoms with Crippen LogP contribution in [0.15, 0.2) is 58.8 Å². The van der Waals surface area contributed by atoms with Gasteiger partial charge in [-0.1, -0.05) is 23.7 Å². The van der Waals surface area contributed by atoms with E-state index in [1.807, 2.05) is 0 Å². The highest BCUT2D eigenvalue weighted by Gasteiger charge is 2.24. The molecule has 124 valence electrons. The molecule has 2 aromatic heterocycles. The molecule has 0 radical (unpaired) electrons. The number of nitrogens with zero attached hydrogens (tertiary/aromatic N) is 3. The van der Waals surface area contributed by atoms with Crippen LogP contribution in [0.3, 0.4) is 0 Å². The fourth-order valence-corrected chi connectivity index (χ4v) is 3.56. The molecule has 5 nitrogen and oxygen atoms in total. The number of benzene rings is 1. The van der Waals surface area contributed by atoms with Crippen LogP contribution in [0.5, 0.6) is 0 Å². The lowest BCUT2D eigenvalue weighted by Gasteiger charge is -2.09. The molecule has 0 amide bonds. The van der Waals surface area contributed by atoms with Crippen molar-refractivity contribution < 1.29 is 8.60 Å². The molecule has 0 aliphatic heterocycles. The van der Waals surface area contributed by atoms with Crippen molar-refractivity contribution in [1.29, 1.82) is 0 Å². The summed E-state index contributed by atoms with van der Waals surface area (Å²) in [4.78, 5) is 8.62. The molecular formula is C16H14ClFN4OS. The molecule has 8 heteroatoms. The van der Waals surface area contributed by atoms with E-state index in [-0.39, 0.29) is 17.4 Å². The molecule has 1 aromatic carbocycles. The minimum absolute atomic E-state index is 0.0684. The van der Waals surface area contributed by atoms with Crippen LogP contribution in [0, 0.1) is 5.95 Å². The van der Waals surface area contributed by atoms with E-state index in [0.717, 1.165) is 0 Å². The van der Waals surface area contributed by atoms with Gasteiger partial charge in [0.05, 0.1) is 15.6 Å². The third-order valence-electron chi connectivity index (χ3n) is 3.31. The fourth-order valence-electron chi connectivity index (χ4n) is 2.23. The zero-order chi connectivity index (χ0) is 17.1. The van der Waals surface area contributed by atoms with Crippen LogP contribution in [0.4, 0.5) is 4.39 Å². The standard InChI is InChI=1S/C16H14ClFN4OS/c1-19-10-13-15(18)22(14-7-3-2-6-12(14)17)16(21-13)24(23)11-5-4-8-20-9-11/h2-9,19H,10H2,1H3. The molecule has 2 heterocycles. The maximum atomic E-state index is 14.9. The maximum Gasteiger partial charge on any atom is 0.223 e. The number of rotatable bonds is 5. The number of hydrogen-bond acceptors (Lipinski definition) is 4. The largest absolute Gasteiger partial charge is 0.314 e. The summed E-state index contributed by atoms with van der Waals surface area (Å²) in [5, 5.41) is 3.26. The monoisotopic (exact) mass is 364 g/mol. The van der Waals surface area contributed by atoms with E-state index >= 15 is 0 Å². The van der Waals surface area contributed by atoms with E-state index in [9.17, 15) is 8.60 Å². The molecule has 0 saturated carbocycles. The van der Waals surface area contributed by atoms with Crippen molar-refractivity contribution in [2.24, 2.45) is 0 Å². The summed E-state index contributed by atoms with van der Waals surface area (Å²) in [7, 11) is -0.0110. The summed E-state index contributed by atoms with van der Waals surface area (Å²) in [6.07, 6.45) is 3.05. The lowest BCUT2D eigenvalue weighted by atomic mass is 10.3. The van der Waals surface area contributed by atoms with Crippen LogP contribution in [-0.4, -0.2) is 25.8 Å². The van der Waals surface area contributed by atoms with Crippen molar-refractivity contribution in [1.82, 2.24) is 19.9 Å². The van der Waals surface area contributed by atoms with Crippen molar-refractivity contribution in [2.45, 2.75) is 16.6 Å². The van der Waals surface area contributed by atoms with Gasteiger partial charge in [0.2, 0.25) is 11.1 Å².